The Labute approximate surface area is 147 Å². The van der Waals surface area contributed by atoms with Crippen molar-refractivity contribution in [1.82, 2.24) is 0 Å². The number of nitrogens with two attached hydrogens (primary N) is 1. The van der Waals surface area contributed by atoms with Gasteiger partial charge in [-0.25, -0.2) is 5.90 Å². The lowest BCUT2D eigenvalue weighted by Gasteiger charge is -2.13. The van der Waals surface area contributed by atoms with Crippen LogP contribution in [0.25, 0.3) is 43.1 Å². The van der Waals surface area contributed by atoms with Crippen molar-refractivity contribution in [3.8, 4) is 0 Å². The monoisotopic (exact) mass is 327 g/mol. The van der Waals surface area contributed by atoms with Crippen LogP contribution >= 0.6 is 0 Å². The molecule has 0 aliphatic heterocycles. The summed E-state index contributed by atoms with van der Waals surface area (Å²) in [6, 6.07) is 26.4. The lowest BCUT2D eigenvalue weighted by atomic mass is 9.90. The van der Waals surface area contributed by atoms with Crippen LogP contribution in [0, 0.1) is 0 Å². The molecule has 2 heteroatoms. The van der Waals surface area contributed by atoms with Crippen molar-refractivity contribution in [2.45, 2.75) is 13.3 Å². The minimum absolute atomic E-state index is 0.667. The summed E-state index contributed by atoms with van der Waals surface area (Å²) in [6.07, 6.45) is 0.997. The summed E-state index contributed by atoms with van der Waals surface area (Å²) in [7, 11) is 0. The first-order valence-electron chi connectivity index (χ1n) is 8.71. The van der Waals surface area contributed by atoms with E-state index in [4.69, 9.17) is 0 Å². The van der Waals surface area contributed by atoms with Crippen LogP contribution in [0.2, 0.25) is 0 Å². The van der Waals surface area contributed by atoms with Crippen LogP contribution in [0.15, 0.2) is 72.8 Å². The van der Waals surface area contributed by atoms with Crippen LogP contribution in [-0.4, -0.2) is 6.61 Å². The van der Waals surface area contributed by atoms with Gasteiger partial charge >= 0.3 is 0 Å². The Morgan fingerprint density at radius 2 is 1.00 bits per heavy atom. The molecule has 0 unspecified atom stereocenters. The van der Waals surface area contributed by atoms with Gasteiger partial charge in [0.25, 0.3) is 0 Å². The van der Waals surface area contributed by atoms with Crippen LogP contribution in [0.3, 0.4) is 0 Å². The van der Waals surface area contributed by atoms with Gasteiger partial charge < -0.3 is 4.84 Å². The molecule has 0 atom stereocenters. The van der Waals surface area contributed by atoms with Gasteiger partial charge in [0.1, 0.15) is 0 Å². The summed E-state index contributed by atoms with van der Waals surface area (Å²) in [6.45, 7) is 2.67. The van der Waals surface area contributed by atoms with E-state index in [0.29, 0.717) is 6.61 Å². The Bertz CT molecular complexity index is 975. The maximum absolute atomic E-state index is 4.64. The third-order valence-electron chi connectivity index (χ3n) is 4.71. The van der Waals surface area contributed by atoms with E-state index >= 15 is 0 Å². The molecular formula is C23H21NO. The normalized spacial score (nSPS) is 11.3. The minimum atomic E-state index is 0.667. The highest BCUT2D eigenvalue weighted by atomic mass is 16.6. The van der Waals surface area contributed by atoms with E-state index in [1.165, 1.54) is 43.1 Å². The maximum atomic E-state index is 4.64. The fourth-order valence-corrected chi connectivity index (χ4v) is 3.70. The average Bonchev–Trinajstić information content (AvgIpc) is 2.67. The standard InChI is InChI=1S/C20H12.C3H9NO/c1-5-13-6-2-11-17-18-12-4-8-14-7-3-10-16(20(14)18)15(9-1)19(13)17;1-2-3-5-4/h1-12H;2-4H2,1H3. The number of hydrogen-bond acceptors (Lipinski definition) is 2. The van der Waals surface area contributed by atoms with Crippen molar-refractivity contribution in [3.63, 3.8) is 0 Å². The summed E-state index contributed by atoms with van der Waals surface area (Å²) in [4.78, 5) is 4.19. The van der Waals surface area contributed by atoms with E-state index in [9.17, 15) is 0 Å². The molecule has 0 bridgehead atoms. The van der Waals surface area contributed by atoms with Gasteiger partial charge in [-0.3, -0.25) is 0 Å². The van der Waals surface area contributed by atoms with Gasteiger partial charge in [-0.15, -0.1) is 0 Å². The minimum Gasteiger partial charge on any atom is -0.305 e. The molecule has 0 spiro atoms. The summed E-state index contributed by atoms with van der Waals surface area (Å²) in [5.41, 5.74) is 0. The molecule has 0 aliphatic rings. The predicted octanol–water partition coefficient (Wildman–Crippen LogP) is 6.02. The number of fused-ring (bicyclic) bond motifs is 2. The van der Waals surface area contributed by atoms with Gasteiger partial charge in [-0.1, -0.05) is 79.7 Å². The molecule has 0 heterocycles. The molecule has 0 aliphatic carbocycles. The largest absolute Gasteiger partial charge is 0.305 e. The Morgan fingerprint density at radius 1 is 0.640 bits per heavy atom. The molecule has 0 saturated carbocycles. The molecule has 0 amide bonds. The second-order valence-corrected chi connectivity index (χ2v) is 6.29. The molecule has 5 aromatic carbocycles. The molecular weight excluding hydrogens is 306 g/mol. The van der Waals surface area contributed by atoms with E-state index in [-0.39, 0.29) is 0 Å². The summed E-state index contributed by atoms with van der Waals surface area (Å²) in [5.74, 6) is 4.64. The van der Waals surface area contributed by atoms with Gasteiger partial charge in [-0.2, -0.15) is 0 Å². The van der Waals surface area contributed by atoms with Gasteiger partial charge in [0.05, 0.1) is 6.61 Å². The van der Waals surface area contributed by atoms with Gasteiger partial charge in [0.15, 0.2) is 0 Å². The molecule has 2 nitrogen and oxygen atoms in total. The average molecular weight is 327 g/mol. The van der Waals surface area contributed by atoms with E-state index in [0.717, 1.165) is 6.42 Å². The Balaban J connectivity index is 0.000000280. The van der Waals surface area contributed by atoms with Crippen molar-refractivity contribution in [3.05, 3.63) is 72.8 Å². The molecule has 124 valence electrons. The molecule has 25 heavy (non-hydrogen) atoms. The first-order valence-corrected chi connectivity index (χ1v) is 8.71. The topological polar surface area (TPSA) is 35.2 Å². The van der Waals surface area contributed by atoms with Gasteiger partial charge in [0.2, 0.25) is 0 Å². The third-order valence-corrected chi connectivity index (χ3v) is 4.71. The first kappa shape index (κ1) is 15.8. The smallest absolute Gasteiger partial charge is 0.0676 e. The highest BCUT2D eigenvalue weighted by Crippen LogP contribution is 2.39. The van der Waals surface area contributed by atoms with Crippen LogP contribution in [0.1, 0.15) is 13.3 Å². The number of rotatable bonds is 2. The second-order valence-electron chi connectivity index (χ2n) is 6.29. The predicted molar refractivity (Wildman–Crippen MR) is 108 cm³/mol. The van der Waals surface area contributed by atoms with Crippen molar-refractivity contribution in [1.29, 1.82) is 0 Å². The third kappa shape index (κ3) is 2.60. The lowest BCUT2D eigenvalue weighted by molar-refractivity contribution is 0.138. The summed E-state index contributed by atoms with van der Waals surface area (Å²) in [5, 5.41) is 10.9. The first-order chi connectivity index (χ1) is 12.3. The maximum Gasteiger partial charge on any atom is 0.0676 e. The fourth-order valence-electron chi connectivity index (χ4n) is 3.70. The Kier molecular flexibility index (Phi) is 4.22. The van der Waals surface area contributed by atoms with Crippen LogP contribution in [-0.2, 0) is 4.84 Å². The zero-order valence-electron chi connectivity index (χ0n) is 14.3. The zero-order chi connectivity index (χ0) is 17.2. The van der Waals surface area contributed by atoms with Gasteiger partial charge in [-0.05, 0) is 49.5 Å². The molecule has 5 aromatic rings. The van der Waals surface area contributed by atoms with Gasteiger partial charge in [0, 0.05) is 0 Å². The second kappa shape index (κ2) is 6.67. The fraction of sp³-hybridized carbons (Fsp3) is 0.130. The lowest BCUT2D eigenvalue weighted by Crippen LogP contribution is -1.97. The Morgan fingerprint density at radius 3 is 1.24 bits per heavy atom. The number of benzene rings is 5. The van der Waals surface area contributed by atoms with Crippen molar-refractivity contribution >= 4 is 43.1 Å². The van der Waals surface area contributed by atoms with E-state index in [2.05, 4.69) is 83.5 Å². The molecule has 0 radical (unpaired) electrons. The van der Waals surface area contributed by atoms with Crippen LogP contribution in [0.4, 0.5) is 0 Å². The highest BCUT2D eigenvalue weighted by Gasteiger charge is 2.11. The van der Waals surface area contributed by atoms with Crippen molar-refractivity contribution in [2.24, 2.45) is 5.90 Å². The summed E-state index contributed by atoms with van der Waals surface area (Å²) >= 11 is 0. The molecule has 5 rings (SSSR count). The molecule has 2 N–H and O–H groups in total. The SMILES string of the molecule is CCCON.c1cc2cccc3c4cccc5cccc(c(c1)c23)c54. The van der Waals surface area contributed by atoms with Crippen molar-refractivity contribution in [2.75, 3.05) is 6.61 Å². The molecule has 0 saturated heterocycles. The Hall–Kier alpha value is -2.68. The molecule has 0 fully saturated rings. The van der Waals surface area contributed by atoms with E-state index < -0.39 is 0 Å². The molecule has 0 aromatic heterocycles. The quantitative estimate of drug-likeness (QED) is 0.244. The van der Waals surface area contributed by atoms with Crippen molar-refractivity contribution < 1.29 is 4.84 Å². The zero-order valence-corrected chi connectivity index (χ0v) is 14.3. The number of hydrogen-bond donors (Lipinski definition) is 1. The van der Waals surface area contributed by atoms with E-state index in [1.807, 2.05) is 6.92 Å². The summed E-state index contributed by atoms with van der Waals surface area (Å²) < 4.78 is 0. The highest BCUT2D eigenvalue weighted by molar-refractivity contribution is 6.32. The van der Waals surface area contributed by atoms with E-state index in [1.54, 1.807) is 0 Å². The van der Waals surface area contributed by atoms with Crippen LogP contribution < -0.4 is 5.90 Å². The van der Waals surface area contributed by atoms with Crippen LogP contribution in [0.5, 0.6) is 0 Å².